The largest absolute Gasteiger partial charge is 0.497 e. The standard InChI is InChI=1S/C19H26N2O3S2/c1-15-14-19(16(2)25-15)26(22,23)21-12-10-20(11-13-21)9-8-17-4-6-18(24-3)7-5-17/h4-7,14H,8-13H2,1-3H3. The molecule has 0 saturated carbocycles. The Labute approximate surface area is 160 Å². The van der Waals surface area contributed by atoms with Gasteiger partial charge in [0.15, 0.2) is 0 Å². The van der Waals surface area contributed by atoms with Crippen LogP contribution in [-0.2, 0) is 16.4 Å². The summed E-state index contributed by atoms with van der Waals surface area (Å²) in [5.41, 5.74) is 1.27. The molecule has 5 nitrogen and oxygen atoms in total. The molecule has 0 spiro atoms. The second-order valence-electron chi connectivity index (χ2n) is 6.62. The monoisotopic (exact) mass is 394 g/mol. The number of hydrogen-bond donors (Lipinski definition) is 0. The number of sulfonamides is 1. The average molecular weight is 395 g/mol. The van der Waals surface area contributed by atoms with E-state index in [1.807, 2.05) is 26.0 Å². The molecule has 3 rings (SSSR count). The fourth-order valence-corrected chi connectivity index (χ4v) is 6.22. The molecule has 2 heterocycles. The maximum Gasteiger partial charge on any atom is 0.244 e. The Balaban J connectivity index is 1.54. The van der Waals surface area contributed by atoms with Crippen molar-refractivity contribution < 1.29 is 13.2 Å². The molecular weight excluding hydrogens is 368 g/mol. The quantitative estimate of drug-likeness (QED) is 0.756. The molecule has 1 fully saturated rings. The van der Waals surface area contributed by atoms with Gasteiger partial charge in [0.25, 0.3) is 0 Å². The van der Waals surface area contributed by atoms with Crippen LogP contribution in [0.2, 0.25) is 0 Å². The van der Waals surface area contributed by atoms with E-state index in [-0.39, 0.29) is 0 Å². The molecule has 0 radical (unpaired) electrons. The number of nitrogens with zero attached hydrogens (tertiary/aromatic N) is 2. The first-order chi connectivity index (χ1) is 12.4. The maximum absolute atomic E-state index is 12.9. The van der Waals surface area contributed by atoms with Gasteiger partial charge < -0.3 is 9.64 Å². The van der Waals surface area contributed by atoms with Crippen LogP contribution < -0.4 is 4.74 Å². The summed E-state index contributed by atoms with van der Waals surface area (Å²) < 4.78 is 32.6. The molecule has 0 amide bonds. The minimum absolute atomic E-state index is 0.478. The van der Waals surface area contributed by atoms with Crippen molar-refractivity contribution in [3.63, 3.8) is 0 Å². The minimum Gasteiger partial charge on any atom is -0.497 e. The molecular formula is C19H26N2O3S2. The molecule has 0 atom stereocenters. The van der Waals surface area contributed by atoms with Gasteiger partial charge in [-0.05, 0) is 44.0 Å². The summed E-state index contributed by atoms with van der Waals surface area (Å²) in [6.07, 6.45) is 0.958. The zero-order valence-electron chi connectivity index (χ0n) is 15.6. The predicted octanol–water partition coefficient (Wildman–Crippen LogP) is 2.92. The molecule has 0 N–H and O–H groups in total. The Morgan fingerprint density at radius 2 is 1.73 bits per heavy atom. The van der Waals surface area contributed by atoms with E-state index in [4.69, 9.17) is 4.74 Å². The van der Waals surface area contributed by atoms with Crippen LogP contribution in [0.3, 0.4) is 0 Å². The summed E-state index contributed by atoms with van der Waals surface area (Å²) in [7, 11) is -1.70. The van der Waals surface area contributed by atoms with Gasteiger partial charge in [0.05, 0.1) is 12.0 Å². The van der Waals surface area contributed by atoms with E-state index >= 15 is 0 Å². The second-order valence-corrected chi connectivity index (χ2v) is 9.99. The van der Waals surface area contributed by atoms with Gasteiger partial charge in [-0.1, -0.05) is 12.1 Å². The molecule has 142 valence electrons. The van der Waals surface area contributed by atoms with Crippen molar-refractivity contribution >= 4 is 21.4 Å². The Kier molecular flexibility index (Phi) is 6.02. The van der Waals surface area contributed by atoms with Crippen molar-refractivity contribution in [2.45, 2.75) is 25.2 Å². The summed E-state index contributed by atoms with van der Waals surface area (Å²) in [6.45, 7) is 7.44. The first-order valence-electron chi connectivity index (χ1n) is 8.82. The van der Waals surface area contributed by atoms with E-state index in [9.17, 15) is 8.42 Å². The Morgan fingerprint density at radius 1 is 1.08 bits per heavy atom. The fraction of sp³-hybridized carbons (Fsp3) is 0.474. The Morgan fingerprint density at radius 3 is 2.27 bits per heavy atom. The number of rotatable bonds is 6. The van der Waals surface area contributed by atoms with Crippen LogP contribution in [0, 0.1) is 13.8 Å². The normalized spacial score (nSPS) is 16.7. The lowest BCUT2D eigenvalue weighted by molar-refractivity contribution is 0.190. The van der Waals surface area contributed by atoms with Gasteiger partial charge in [-0.25, -0.2) is 8.42 Å². The molecule has 1 aromatic heterocycles. The number of benzene rings is 1. The topological polar surface area (TPSA) is 49.9 Å². The van der Waals surface area contributed by atoms with Crippen LogP contribution in [0.4, 0.5) is 0 Å². The van der Waals surface area contributed by atoms with Crippen molar-refractivity contribution in [3.05, 3.63) is 45.6 Å². The third-order valence-corrected chi connectivity index (χ3v) is 7.94. The van der Waals surface area contributed by atoms with Gasteiger partial charge in [-0.3, -0.25) is 0 Å². The van der Waals surface area contributed by atoms with E-state index < -0.39 is 10.0 Å². The van der Waals surface area contributed by atoms with Crippen molar-refractivity contribution in [3.8, 4) is 5.75 Å². The number of aryl methyl sites for hydroxylation is 2. The smallest absolute Gasteiger partial charge is 0.244 e. The zero-order valence-corrected chi connectivity index (χ0v) is 17.2. The third-order valence-electron chi connectivity index (χ3n) is 4.82. The molecule has 1 aliphatic heterocycles. The van der Waals surface area contributed by atoms with E-state index in [1.165, 1.54) is 5.56 Å². The van der Waals surface area contributed by atoms with Crippen molar-refractivity contribution in [2.75, 3.05) is 39.8 Å². The number of hydrogen-bond acceptors (Lipinski definition) is 5. The van der Waals surface area contributed by atoms with Gasteiger partial charge in [0.2, 0.25) is 10.0 Å². The first-order valence-corrected chi connectivity index (χ1v) is 11.1. The van der Waals surface area contributed by atoms with Crippen LogP contribution in [-0.4, -0.2) is 57.5 Å². The highest BCUT2D eigenvalue weighted by Gasteiger charge is 2.30. The van der Waals surface area contributed by atoms with E-state index in [0.29, 0.717) is 18.0 Å². The highest BCUT2D eigenvalue weighted by molar-refractivity contribution is 7.89. The number of methoxy groups -OCH3 is 1. The van der Waals surface area contributed by atoms with Crippen LogP contribution in [0.15, 0.2) is 35.2 Å². The van der Waals surface area contributed by atoms with Gasteiger partial charge in [0, 0.05) is 42.5 Å². The van der Waals surface area contributed by atoms with Crippen molar-refractivity contribution in [1.29, 1.82) is 0 Å². The van der Waals surface area contributed by atoms with Gasteiger partial charge in [-0.15, -0.1) is 11.3 Å². The minimum atomic E-state index is -3.37. The summed E-state index contributed by atoms with van der Waals surface area (Å²) in [5.74, 6) is 0.867. The summed E-state index contributed by atoms with van der Waals surface area (Å²) in [5, 5.41) is 0. The lowest BCUT2D eigenvalue weighted by Gasteiger charge is -2.34. The summed E-state index contributed by atoms with van der Waals surface area (Å²) >= 11 is 1.54. The van der Waals surface area contributed by atoms with Crippen LogP contribution in [0.1, 0.15) is 15.3 Å². The van der Waals surface area contributed by atoms with E-state index in [0.717, 1.165) is 41.6 Å². The molecule has 7 heteroatoms. The average Bonchev–Trinajstić information content (AvgIpc) is 3.00. The molecule has 1 saturated heterocycles. The molecule has 26 heavy (non-hydrogen) atoms. The number of ether oxygens (including phenoxy) is 1. The van der Waals surface area contributed by atoms with E-state index in [1.54, 1.807) is 28.8 Å². The number of piperazine rings is 1. The molecule has 2 aromatic rings. The Bertz CT molecular complexity index is 836. The SMILES string of the molecule is COc1ccc(CCN2CCN(S(=O)(=O)c3cc(C)sc3C)CC2)cc1. The van der Waals surface area contributed by atoms with Crippen LogP contribution in [0.25, 0.3) is 0 Å². The van der Waals surface area contributed by atoms with Crippen LogP contribution in [0.5, 0.6) is 5.75 Å². The molecule has 1 aromatic carbocycles. The summed E-state index contributed by atoms with van der Waals surface area (Å²) in [6, 6.07) is 9.92. The van der Waals surface area contributed by atoms with Gasteiger partial charge in [0.1, 0.15) is 5.75 Å². The van der Waals surface area contributed by atoms with Crippen LogP contribution >= 0.6 is 11.3 Å². The van der Waals surface area contributed by atoms with Crippen molar-refractivity contribution in [2.24, 2.45) is 0 Å². The lowest BCUT2D eigenvalue weighted by Crippen LogP contribution is -2.49. The molecule has 0 aliphatic carbocycles. The zero-order chi connectivity index (χ0) is 18.7. The lowest BCUT2D eigenvalue weighted by atomic mass is 10.1. The highest BCUT2D eigenvalue weighted by atomic mass is 32.2. The maximum atomic E-state index is 12.9. The fourth-order valence-electron chi connectivity index (χ4n) is 3.28. The molecule has 0 unspecified atom stereocenters. The second kappa shape index (κ2) is 8.08. The van der Waals surface area contributed by atoms with E-state index in [2.05, 4.69) is 17.0 Å². The predicted molar refractivity (Wildman–Crippen MR) is 106 cm³/mol. The summed E-state index contributed by atoms with van der Waals surface area (Å²) in [4.78, 5) is 4.73. The highest BCUT2D eigenvalue weighted by Crippen LogP contribution is 2.28. The molecule has 1 aliphatic rings. The van der Waals surface area contributed by atoms with Gasteiger partial charge in [-0.2, -0.15) is 4.31 Å². The van der Waals surface area contributed by atoms with Gasteiger partial charge >= 0.3 is 0 Å². The van der Waals surface area contributed by atoms with Crippen molar-refractivity contribution in [1.82, 2.24) is 9.21 Å². The first kappa shape index (κ1) is 19.4. The number of thiophene rings is 1. The Hall–Kier alpha value is -1.41. The molecule has 0 bridgehead atoms. The third kappa shape index (κ3) is 4.28.